The second-order valence-corrected chi connectivity index (χ2v) is 8.41. The Balaban J connectivity index is 1.39. The van der Waals surface area contributed by atoms with Gasteiger partial charge < -0.3 is 9.47 Å². The molecule has 0 spiro atoms. The minimum absolute atomic E-state index is 0.288. The van der Waals surface area contributed by atoms with E-state index in [4.69, 9.17) is 21.1 Å². The van der Waals surface area contributed by atoms with Gasteiger partial charge in [0.05, 0.1) is 12.8 Å². The molecule has 0 heterocycles. The summed E-state index contributed by atoms with van der Waals surface area (Å²) in [4.78, 5) is 12.3. The van der Waals surface area contributed by atoms with E-state index in [1.807, 2.05) is 48.5 Å². The van der Waals surface area contributed by atoms with E-state index in [9.17, 15) is 4.79 Å². The van der Waals surface area contributed by atoms with Crippen molar-refractivity contribution in [2.24, 2.45) is 5.10 Å². The van der Waals surface area contributed by atoms with Crippen LogP contribution in [0.5, 0.6) is 11.5 Å². The Morgan fingerprint density at radius 3 is 2.21 bits per heavy atom. The number of benzene rings is 3. The van der Waals surface area contributed by atoms with Crippen molar-refractivity contribution in [3.63, 3.8) is 0 Å². The molecule has 6 heteroatoms. The molecule has 0 aliphatic carbocycles. The molecule has 0 saturated heterocycles. The van der Waals surface area contributed by atoms with Crippen molar-refractivity contribution >= 4 is 23.7 Å². The first-order chi connectivity index (χ1) is 16.6. The third-order valence-corrected chi connectivity index (χ3v) is 5.46. The molecule has 1 N–H and O–H groups in total. The molecule has 0 aromatic heterocycles. The molecule has 0 bridgehead atoms. The Labute approximate surface area is 206 Å². The molecule has 0 aliphatic heterocycles. The highest BCUT2D eigenvalue weighted by molar-refractivity contribution is 6.30. The van der Waals surface area contributed by atoms with Crippen LogP contribution in [-0.2, 0) is 6.61 Å². The van der Waals surface area contributed by atoms with Crippen LogP contribution in [0.1, 0.15) is 60.5 Å². The van der Waals surface area contributed by atoms with E-state index in [1.54, 1.807) is 30.5 Å². The Morgan fingerprint density at radius 2 is 1.50 bits per heavy atom. The lowest BCUT2D eigenvalue weighted by Gasteiger charge is -2.07. The molecular formula is C28H31ClN2O3. The highest BCUT2D eigenvalue weighted by atomic mass is 35.5. The van der Waals surface area contributed by atoms with Gasteiger partial charge in [-0.15, -0.1) is 0 Å². The van der Waals surface area contributed by atoms with E-state index in [0.717, 1.165) is 29.9 Å². The van der Waals surface area contributed by atoms with Gasteiger partial charge in [0.15, 0.2) is 0 Å². The standard InChI is InChI=1S/C28H31ClN2O3/c1-2-3-4-5-6-19-33-26-15-9-22(10-16-26)20-30-31-28(32)24-11-17-27(18-12-24)34-21-23-7-13-25(29)14-8-23/h7-18,20H,2-6,19,21H2,1H3,(H,31,32)/b30-20-. The van der Waals surface area contributed by atoms with Crippen LogP contribution in [-0.4, -0.2) is 18.7 Å². The monoisotopic (exact) mass is 478 g/mol. The van der Waals surface area contributed by atoms with Gasteiger partial charge in [0.1, 0.15) is 18.1 Å². The van der Waals surface area contributed by atoms with Gasteiger partial charge in [0.2, 0.25) is 0 Å². The minimum atomic E-state index is -0.288. The summed E-state index contributed by atoms with van der Waals surface area (Å²) in [6.45, 7) is 3.37. The molecule has 34 heavy (non-hydrogen) atoms. The summed E-state index contributed by atoms with van der Waals surface area (Å²) in [5.41, 5.74) is 4.94. The van der Waals surface area contributed by atoms with Gasteiger partial charge in [-0.2, -0.15) is 5.10 Å². The Hall–Kier alpha value is -3.31. The summed E-state index contributed by atoms with van der Waals surface area (Å²) in [6, 6.07) is 22.1. The summed E-state index contributed by atoms with van der Waals surface area (Å²) in [5, 5.41) is 4.74. The number of nitrogens with zero attached hydrogens (tertiary/aromatic N) is 1. The predicted octanol–water partition coefficient (Wildman–Crippen LogP) is 7.03. The average molecular weight is 479 g/mol. The van der Waals surface area contributed by atoms with Crippen LogP contribution in [0, 0.1) is 0 Å². The number of hydrogen-bond acceptors (Lipinski definition) is 4. The lowest BCUT2D eigenvalue weighted by Crippen LogP contribution is -2.17. The van der Waals surface area contributed by atoms with Crippen molar-refractivity contribution < 1.29 is 14.3 Å². The zero-order valence-electron chi connectivity index (χ0n) is 19.5. The molecule has 3 aromatic carbocycles. The highest BCUT2D eigenvalue weighted by Gasteiger charge is 2.05. The molecule has 1 amide bonds. The minimum Gasteiger partial charge on any atom is -0.494 e. The molecule has 3 aromatic rings. The molecule has 0 aliphatic rings. The zero-order valence-corrected chi connectivity index (χ0v) is 20.3. The van der Waals surface area contributed by atoms with Gasteiger partial charge in [-0.25, -0.2) is 5.43 Å². The van der Waals surface area contributed by atoms with Crippen LogP contribution in [0.2, 0.25) is 5.02 Å². The highest BCUT2D eigenvalue weighted by Crippen LogP contribution is 2.16. The van der Waals surface area contributed by atoms with Crippen LogP contribution in [0.4, 0.5) is 0 Å². The number of ether oxygens (including phenoxy) is 2. The fraction of sp³-hybridized carbons (Fsp3) is 0.286. The van der Waals surface area contributed by atoms with Crippen molar-refractivity contribution in [2.75, 3.05) is 6.61 Å². The number of unbranched alkanes of at least 4 members (excludes halogenated alkanes) is 4. The van der Waals surface area contributed by atoms with Crippen molar-refractivity contribution in [3.05, 3.63) is 94.5 Å². The summed E-state index contributed by atoms with van der Waals surface area (Å²) in [5.74, 6) is 1.23. The fourth-order valence-corrected chi connectivity index (χ4v) is 3.35. The number of amides is 1. The number of rotatable bonds is 13. The largest absolute Gasteiger partial charge is 0.494 e. The van der Waals surface area contributed by atoms with E-state index in [1.165, 1.54) is 25.7 Å². The van der Waals surface area contributed by atoms with Gasteiger partial charge in [-0.3, -0.25) is 4.79 Å². The van der Waals surface area contributed by atoms with Crippen molar-refractivity contribution in [1.82, 2.24) is 5.43 Å². The Bertz CT molecular complexity index is 1030. The Kier molecular flexibility index (Phi) is 10.5. The van der Waals surface area contributed by atoms with Crippen LogP contribution >= 0.6 is 11.6 Å². The van der Waals surface area contributed by atoms with Crippen molar-refractivity contribution in [2.45, 2.75) is 45.6 Å². The first-order valence-electron chi connectivity index (χ1n) is 11.7. The second-order valence-electron chi connectivity index (χ2n) is 7.97. The maximum atomic E-state index is 12.3. The summed E-state index contributed by atoms with van der Waals surface area (Å²) < 4.78 is 11.5. The third kappa shape index (κ3) is 8.91. The van der Waals surface area contributed by atoms with Crippen molar-refractivity contribution in [1.29, 1.82) is 0 Å². The first kappa shape index (κ1) is 25.3. The van der Waals surface area contributed by atoms with E-state index < -0.39 is 0 Å². The molecule has 178 valence electrons. The zero-order chi connectivity index (χ0) is 24.0. The van der Waals surface area contributed by atoms with Crippen LogP contribution in [0.25, 0.3) is 0 Å². The number of hydrazone groups is 1. The second kappa shape index (κ2) is 14.1. The normalized spacial score (nSPS) is 10.9. The van der Waals surface area contributed by atoms with E-state index in [0.29, 0.717) is 22.9 Å². The summed E-state index contributed by atoms with van der Waals surface area (Å²) >= 11 is 5.89. The molecule has 0 atom stereocenters. The average Bonchev–Trinajstić information content (AvgIpc) is 2.87. The number of nitrogens with one attached hydrogen (secondary N) is 1. The van der Waals surface area contributed by atoms with Gasteiger partial charge in [0.25, 0.3) is 5.91 Å². The topological polar surface area (TPSA) is 59.9 Å². The van der Waals surface area contributed by atoms with E-state index in [-0.39, 0.29) is 5.91 Å². The third-order valence-electron chi connectivity index (χ3n) is 5.21. The van der Waals surface area contributed by atoms with Crippen LogP contribution in [0.3, 0.4) is 0 Å². The lowest BCUT2D eigenvalue weighted by molar-refractivity contribution is 0.0955. The van der Waals surface area contributed by atoms with Gasteiger partial charge >= 0.3 is 0 Å². The Morgan fingerprint density at radius 1 is 0.853 bits per heavy atom. The summed E-state index contributed by atoms with van der Waals surface area (Å²) in [7, 11) is 0. The SMILES string of the molecule is CCCCCCCOc1ccc(/C=N\NC(=O)c2ccc(OCc3ccc(Cl)cc3)cc2)cc1. The maximum Gasteiger partial charge on any atom is 0.271 e. The summed E-state index contributed by atoms with van der Waals surface area (Å²) in [6.07, 6.45) is 7.69. The van der Waals surface area contributed by atoms with Gasteiger partial charge in [0, 0.05) is 10.6 Å². The molecule has 0 saturated carbocycles. The van der Waals surface area contributed by atoms with E-state index in [2.05, 4.69) is 17.5 Å². The molecule has 0 unspecified atom stereocenters. The van der Waals surface area contributed by atoms with Crippen LogP contribution < -0.4 is 14.9 Å². The van der Waals surface area contributed by atoms with Gasteiger partial charge in [-0.1, -0.05) is 56.3 Å². The maximum absolute atomic E-state index is 12.3. The lowest BCUT2D eigenvalue weighted by atomic mass is 10.2. The first-order valence-corrected chi connectivity index (χ1v) is 12.1. The molecule has 0 fully saturated rings. The molecule has 0 radical (unpaired) electrons. The number of carbonyl (C=O) groups is 1. The fourth-order valence-electron chi connectivity index (χ4n) is 3.23. The number of halogens is 1. The number of hydrogen-bond donors (Lipinski definition) is 1. The molecular weight excluding hydrogens is 448 g/mol. The smallest absolute Gasteiger partial charge is 0.271 e. The van der Waals surface area contributed by atoms with Crippen LogP contribution in [0.15, 0.2) is 77.9 Å². The van der Waals surface area contributed by atoms with E-state index >= 15 is 0 Å². The molecule has 3 rings (SSSR count). The molecule has 5 nitrogen and oxygen atoms in total. The quantitative estimate of drug-likeness (QED) is 0.163. The van der Waals surface area contributed by atoms with Crippen molar-refractivity contribution in [3.8, 4) is 11.5 Å². The predicted molar refractivity (Wildman–Crippen MR) is 138 cm³/mol. The number of carbonyl (C=O) groups excluding carboxylic acids is 1. The van der Waals surface area contributed by atoms with Gasteiger partial charge in [-0.05, 0) is 78.2 Å².